The van der Waals surface area contributed by atoms with E-state index in [0.717, 1.165) is 13.1 Å². The fraction of sp³-hybridized carbons (Fsp3) is 1.00. The Morgan fingerprint density at radius 1 is 1.46 bits per heavy atom. The van der Waals surface area contributed by atoms with Gasteiger partial charge in [0.1, 0.15) is 9.84 Å². The Balaban J connectivity index is 2.00. The zero-order valence-electron chi connectivity index (χ0n) is 7.95. The molecule has 0 radical (unpaired) electrons. The molecule has 0 atom stereocenters. The van der Waals surface area contributed by atoms with Crippen LogP contribution in [0, 0.1) is 0 Å². The van der Waals surface area contributed by atoms with Crippen molar-refractivity contribution < 1.29 is 13.2 Å². The highest BCUT2D eigenvalue weighted by Gasteiger charge is 2.16. The first-order valence-corrected chi connectivity index (χ1v) is 6.49. The van der Waals surface area contributed by atoms with Crippen molar-refractivity contribution in [1.82, 2.24) is 5.32 Å². The lowest BCUT2D eigenvalue weighted by Crippen LogP contribution is -2.48. The van der Waals surface area contributed by atoms with Crippen LogP contribution in [0.1, 0.15) is 13.3 Å². The molecule has 78 valence electrons. The molecule has 0 saturated carbocycles. The molecule has 13 heavy (non-hydrogen) atoms. The van der Waals surface area contributed by atoms with Crippen LogP contribution in [-0.2, 0) is 14.6 Å². The maximum atomic E-state index is 11.1. The van der Waals surface area contributed by atoms with Crippen molar-refractivity contribution in [3.8, 4) is 0 Å². The maximum Gasteiger partial charge on any atom is 0.150 e. The third kappa shape index (κ3) is 4.06. The van der Waals surface area contributed by atoms with Crippen LogP contribution in [0.3, 0.4) is 0 Å². The molecule has 1 saturated heterocycles. The van der Waals surface area contributed by atoms with Gasteiger partial charge in [0.25, 0.3) is 0 Å². The largest absolute Gasteiger partial charge is 0.376 e. The molecule has 1 rings (SSSR count). The van der Waals surface area contributed by atoms with Gasteiger partial charge in [0.2, 0.25) is 0 Å². The third-order valence-corrected chi connectivity index (χ3v) is 3.93. The molecule has 0 aliphatic carbocycles. The molecule has 1 fully saturated rings. The van der Waals surface area contributed by atoms with Gasteiger partial charge in [0, 0.05) is 25.4 Å². The molecule has 0 aromatic rings. The Bertz CT molecular complexity index is 234. The molecular formula is C8H17NO3S. The molecule has 0 bridgehead atoms. The van der Waals surface area contributed by atoms with Crippen LogP contribution in [0.4, 0.5) is 0 Å². The van der Waals surface area contributed by atoms with Gasteiger partial charge in [-0.15, -0.1) is 0 Å². The second kappa shape index (κ2) is 4.93. The summed E-state index contributed by atoms with van der Waals surface area (Å²) in [6, 6.07) is 0. The Morgan fingerprint density at radius 3 is 2.62 bits per heavy atom. The highest BCUT2D eigenvalue weighted by Crippen LogP contribution is 2.00. The average Bonchev–Trinajstić information content (AvgIpc) is 2.01. The summed E-state index contributed by atoms with van der Waals surface area (Å²) in [6.07, 6.45) is 0.927. The van der Waals surface area contributed by atoms with E-state index < -0.39 is 9.84 Å². The van der Waals surface area contributed by atoms with Crippen molar-refractivity contribution in [1.29, 1.82) is 0 Å². The first-order chi connectivity index (χ1) is 6.14. The lowest BCUT2D eigenvalue weighted by molar-refractivity contribution is 0.0196. The van der Waals surface area contributed by atoms with Gasteiger partial charge < -0.3 is 10.1 Å². The van der Waals surface area contributed by atoms with E-state index >= 15 is 0 Å². The molecule has 1 aliphatic heterocycles. The number of nitrogens with one attached hydrogen (secondary N) is 1. The molecule has 1 aliphatic rings. The Kier molecular flexibility index (Phi) is 4.15. The minimum Gasteiger partial charge on any atom is -0.376 e. The number of hydrogen-bond donors (Lipinski definition) is 1. The molecule has 0 aromatic heterocycles. The van der Waals surface area contributed by atoms with Gasteiger partial charge in [0.15, 0.2) is 0 Å². The van der Waals surface area contributed by atoms with Crippen LogP contribution < -0.4 is 5.32 Å². The molecule has 0 amide bonds. The normalized spacial score (nSPS) is 18.5. The van der Waals surface area contributed by atoms with E-state index in [-0.39, 0.29) is 11.5 Å². The molecule has 0 aromatic carbocycles. The van der Waals surface area contributed by atoms with Gasteiger partial charge >= 0.3 is 0 Å². The minimum absolute atomic E-state index is 0.234. The third-order valence-electron chi connectivity index (χ3n) is 2.14. The van der Waals surface area contributed by atoms with E-state index in [0.29, 0.717) is 19.1 Å². The summed E-state index contributed by atoms with van der Waals surface area (Å²) >= 11 is 0. The van der Waals surface area contributed by atoms with Crippen molar-refractivity contribution in [2.45, 2.75) is 19.4 Å². The van der Waals surface area contributed by atoms with Crippen molar-refractivity contribution in [3.63, 3.8) is 0 Å². The first kappa shape index (κ1) is 10.9. The quantitative estimate of drug-likeness (QED) is 0.613. The van der Waals surface area contributed by atoms with E-state index in [2.05, 4.69) is 5.32 Å². The zero-order chi connectivity index (χ0) is 9.73. The fourth-order valence-corrected chi connectivity index (χ4v) is 1.90. The zero-order valence-corrected chi connectivity index (χ0v) is 8.77. The summed E-state index contributed by atoms with van der Waals surface area (Å²) in [5.41, 5.74) is 0. The van der Waals surface area contributed by atoms with Crippen molar-refractivity contribution in [2.24, 2.45) is 0 Å². The summed E-state index contributed by atoms with van der Waals surface area (Å²) in [7, 11) is -2.80. The predicted octanol–water partition coefficient (Wildman–Crippen LogP) is -0.200. The molecule has 0 unspecified atom stereocenters. The predicted molar refractivity (Wildman–Crippen MR) is 51.6 cm³/mol. The summed E-state index contributed by atoms with van der Waals surface area (Å²) in [6.45, 7) is 4.04. The van der Waals surface area contributed by atoms with Crippen molar-refractivity contribution in [3.05, 3.63) is 0 Å². The van der Waals surface area contributed by atoms with Crippen LogP contribution in [0.25, 0.3) is 0 Å². The summed E-state index contributed by atoms with van der Waals surface area (Å²) < 4.78 is 27.5. The summed E-state index contributed by atoms with van der Waals surface area (Å²) in [4.78, 5) is 0. The standard InChI is InChI=1S/C8H17NO3S/c1-2-13(10,11)5-3-4-12-8-6-9-7-8/h8-9H,2-7H2,1H3. The van der Waals surface area contributed by atoms with Crippen LogP contribution in [0.2, 0.25) is 0 Å². The summed E-state index contributed by atoms with van der Waals surface area (Å²) in [5, 5.41) is 3.09. The Hall–Kier alpha value is -0.130. The minimum atomic E-state index is -2.80. The average molecular weight is 207 g/mol. The SMILES string of the molecule is CCS(=O)(=O)CCCOC1CNC1. The molecule has 4 nitrogen and oxygen atoms in total. The van der Waals surface area contributed by atoms with Crippen molar-refractivity contribution >= 4 is 9.84 Å². The number of rotatable bonds is 6. The van der Waals surface area contributed by atoms with Crippen LogP contribution in [0.15, 0.2) is 0 Å². The molecule has 0 spiro atoms. The lowest BCUT2D eigenvalue weighted by Gasteiger charge is -2.26. The van der Waals surface area contributed by atoms with Crippen LogP contribution in [-0.4, -0.2) is 45.7 Å². The van der Waals surface area contributed by atoms with Crippen LogP contribution in [0.5, 0.6) is 0 Å². The topological polar surface area (TPSA) is 55.4 Å². The smallest absolute Gasteiger partial charge is 0.150 e. The van der Waals surface area contributed by atoms with Gasteiger partial charge in [0.05, 0.1) is 11.9 Å². The van der Waals surface area contributed by atoms with Gasteiger partial charge in [-0.3, -0.25) is 0 Å². The summed E-state index contributed by atoms with van der Waals surface area (Å²) in [5.74, 6) is 0.488. The number of sulfone groups is 1. The molecule has 1 heterocycles. The molecular weight excluding hydrogens is 190 g/mol. The van der Waals surface area contributed by atoms with E-state index in [4.69, 9.17) is 4.74 Å². The van der Waals surface area contributed by atoms with E-state index in [9.17, 15) is 8.42 Å². The number of hydrogen-bond acceptors (Lipinski definition) is 4. The van der Waals surface area contributed by atoms with Gasteiger partial charge in [-0.25, -0.2) is 8.42 Å². The second-order valence-electron chi connectivity index (χ2n) is 3.24. The first-order valence-electron chi connectivity index (χ1n) is 4.67. The monoisotopic (exact) mass is 207 g/mol. The molecule has 5 heteroatoms. The number of ether oxygens (including phenoxy) is 1. The van der Waals surface area contributed by atoms with E-state index in [1.54, 1.807) is 6.92 Å². The van der Waals surface area contributed by atoms with Crippen molar-refractivity contribution in [2.75, 3.05) is 31.2 Å². The molecule has 1 N–H and O–H groups in total. The van der Waals surface area contributed by atoms with E-state index in [1.165, 1.54) is 0 Å². The van der Waals surface area contributed by atoms with Gasteiger partial charge in [-0.05, 0) is 6.42 Å². The highest BCUT2D eigenvalue weighted by molar-refractivity contribution is 7.91. The van der Waals surface area contributed by atoms with Gasteiger partial charge in [-0.1, -0.05) is 6.92 Å². The maximum absolute atomic E-state index is 11.1. The Labute approximate surface area is 79.6 Å². The van der Waals surface area contributed by atoms with Gasteiger partial charge in [-0.2, -0.15) is 0 Å². The highest BCUT2D eigenvalue weighted by atomic mass is 32.2. The fourth-order valence-electron chi connectivity index (χ4n) is 1.05. The van der Waals surface area contributed by atoms with Crippen LogP contribution >= 0.6 is 0 Å². The van der Waals surface area contributed by atoms with E-state index in [1.807, 2.05) is 0 Å². The Morgan fingerprint density at radius 2 is 2.15 bits per heavy atom. The lowest BCUT2D eigenvalue weighted by atomic mass is 10.2. The second-order valence-corrected chi connectivity index (χ2v) is 5.71.